The van der Waals surface area contributed by atoms with Crippen molar-refractivity contribution >= 4 is 28.0 Å². The summed E-state index contributed by atoms with van der Waals surface area (Å²) in [7, 11) is 0. The maximum absolute atomic E-state index is 10.8. The van der Waals surface area contributed by atoms with E-state index in [1.165, 1.54) is 0 Å². The van der Waals surface area contributed by atoms with Gasteiger partial charge in [-0.05, 0) is 12.1 Å². The standard InChI is InChI=1S/C8H5BrO2.H2O/c9-7-3-1-2-6(4-7)8(11)5-10;/h1-5H;1H2. The van der Waals surface area contributed by atoms with Crippen LogP contribution >= 0.6 is 15.9 Å². The van der Waals surface area contributed by atoms with Crippen molar-refractivity contribution in [3.8, 4) is 0 Å². The van der Waals surface area contributed by atoms with Crippen LogP contribution in [0, 0.1) is 0 Å². The molecule has 0 fully saturated rings. The molecule has 0 aliphatic carbocycles. The van der Waals surface area contributed by atoms with Gasteiger partial charge in [0.05, 0.1) is 0 Å². The van der Waals surface area contributed by atoms with Crippen molar-refractivity contribution in [3.63, 3.8) is 0 Å². The zero-order chi connectivity index (χ0) is 8.27. The van der Waals surface area contributed by atoms with Crippen LogP contribution < -0.4 is 0 Å². The molecular formula is C8H7BrO3. The molecule has 0 bridgehead atoms. The summed E-state index contributed by atoms with van der Waals surface area (Å²) in [6.07, 6.45) is 0.307. The minimum atomic E-state index is -0.494. The smallest absolute Gasteiger partial charge is 0.225 e. The van der Waals surface area contributed by atoms with Crippen LogP contribution in [0.3, 0.4) is 0 Å². The lowest BCUT2D eigenvalue weighted by molar-refractivity contribution is -0.104. The third-order valence-corrected chi connectivity index (χ3v) is 1.71. The van der Waals surface area contributed by atoms with Gasteiger partial charge in [0.2, 0.25) is 5.78 Å². The summed E-state index contributed by atoms with van der Waals surface area (Å²) in [6, 6.07) is 6.71. The fourth-order valence-corrected chi connectivity index (χ4v) is 1.11. The number of ketones is 1. The molecule has 0 saturated carbocycles. The lowest BCUT2D eigenvalue weighted by atomic mass is 10.1. The highest BCUT2D eigenvalue weighted by molar-refractivity contribution is 9.10. The van der Waals surface area contributed by atoms with Crippen LogP contribution in [-0.4, -0.2) is 17.5 Å². The molecule has 12 heavy (non-hydrogen) atoms. The van der Waals surface area contributed by atoms with Crippen molar-refractivity contribution in [1.82, 2.24) is 0 Å². The maximum atomic E-state index is 10.8. The normalized spacial score (nSPS) is 8.42. The largest absolute Gasteiger partial charge is 0.412 e. The van der Waals surface area contributed by atoms with Gasteiger partial charge in [0.15, 0.2) is 6.29 Å². The minimum absolute atomic E-state index is 0. The second kappa shape index (κ2) is 4.79. The van der Waals surface area contributed by atoms with E-state index in [1.54, 1.807) is 24.3 Å². The number of aldehydes is 1. The summed E-state index contributed by atoms with van der Waals surface area (Å²) in [6.45, 7) is 0. The highest BCUT2D eigenvalue weighted by atomic mass is 79.9. The molecule has 0 atom stereocenters. The molecule has 0 aliphatic rings. The van der Waals surface area contributed by atoms with E-state index in [-0.39, 0.29) is 5.48 Å². The van der Waals surface area contributed by atoms with Crippen molar-refractivity contribution in [2.75, 3.05) is 0 Å². The molecule has 0 heterocycles. The van der Waals surface area contributed by atoms with Crippen LogP contribution in [0.2, 0.25) is 0 Å². The zero-order valence-electron chi connectivity index (χ0n) is 6.08. The van der Waals surface area contributed by atoms with E-state index in [4.69, 9.17) is 0 Å². The predicted octanol–water partition coefficient (Wildman–Crippen LogP) is 1.01. The summed E-state index contributed by atoms with van der Waals surface area (Å²) in [5.74, 6) is -0.494. The summed E-state index contributed by atoms with van der Waals surface area (Å²) in [5, 5.41) is 0. The van der Waals surface area contributed by atoms with E-state index in [9.17, 15) is 9.59 Å². The molecule has 0 spiro atoms. The van der Waals surface area contributed by atoms with Crippen molar-refractivity contribution in [1.29, 1.82) is 0 Å². The van der Waals surface area contributed by atoms with E-state index in [1.807, 2.05) is 0 Å². The van der Waals surface area contributed by atoms with Crippen molar-refractivity contribution in [2.24, 2.45) is 0 Å². The topological polar surface area (TPSA) is 65.6 Å². The van der Waals surface area contributed by atoms with E-state index >= 15 is 0 Å². The number of hydrogen-bond acceptors (Lipinski definition) is 2. The third kappa shape index (κ3) is 2.56. The van der Waals surface area contributed by atoms with E-state index in [0.29, 0.717) is 11.8 Å². The van der Waals surface area contributed by atoms with Gasteiger partial charge in [-0.2, -0.15) is 0 Å². The number of benzene rings is 1. The molecule has 0 saturated heterocycles. The molecule has 1 aromatic rings. The first-order valence-corrected chi connectivity index (χ1v) is 3.78. The lowest BCUT2D eigenvalue weighted by Crippen LogP contribution is -1.98. The van der Waals surface area contributed by atoms with E-state index in [2.05, 4.69) is 15.9 Å². The number of Topliss-reactive ketones (excluding diaryl/α,β-unsaturated/α-hetero) is 1. The second-order valence-corrected chi connectivity index (χ2v) is 2.91. The second-order valence-electron chi connectivity index (χ2n) is 1.99. The average molecular weight is 231 g/mol. The van der Waals surface area contributed by atoms with Gasteiger partial charge < -0.3 is 5.48 Å². The average Bonchev–Trinajstić information content (AvgIpc) is 2.03. The first-order chi connectivity index (χ1) is 5.24. The van der Waals surface area contributed by atoms with Crippen LogP contribution in [-0.2, 0) is 4.79 Å². The lowest BCUT2D eigenvalue weighted by Gasteiger charge is -1.92. The van der Waals surface area contributed by atoms with Crippen LogP contribution in [0.1, 0.15) is 10.4 Å². The van der Waals surface area contributed by atoms with Crippen LogP contribution in [0.25, 0.3) is 0 Å². The van der Waals surface area contributed by atoms with Crippen LogP contribution in [0.4, 0.5) is 0 Å². The molecule has 3 nitrogen and oxygen atoms in total. The Morgan fingerprint density at radius 2 is 2.08 bits per heavy atom. The highest BCUT2D eigenvalue weighted by Gasteiger charge is 2.02. The third-order valence-electron chi connectivity index (χ3n) is 1.22. The van der Waals surface area contributed by atoms with Crippen molar-refractivity contribution in [3.05, 3.63) is 34.3 Å². The van der Waals surface area contributed by atoms with Gasteiger partial charge in [0.25, 0.3) is 0 Å². The maximum Gasteiger partial charge on any atom is 0.225 e. The molecule has 0 amide bonds. The number of rotatable bonds is 2. The molecular weight excluding hydrogens is 224 g/mol. The monoisotopic (exact) mass is 230 g/mol. The summed E-state index contributed by atoms with van der Waals surface area (Å²) < 4.78 is 0.796. The predicted molar refractivity (Wildman–Crippen MR) is 48.2 cm³/mol. The number of hydrogen-bond donors (Lipinski definition) is 0. The van der Waals surface area contributed by atoms with E-state index in [0.717, 1.165) is 4.47 Å². The molecule has 0 aliphatic heterocycles. The fourth-order valence-electron chi connectivity index (χ4n) is 0.710. The van der Waals surface area contributed by atoms with Gasteiger partial charge in [-0.25, -0.2) is 0 Å². The molecule has 0 aromatic heterocycles. The number of carbonyl (C=O) groups is 2. The Morgan fingerprint density at radius 3 is 2.58 bits per heavy atom. The summed E-state index contributed by atoms with van der Waals surface area (Å²) in [5.41, 5.74) is 0.411. The Morgan fingerprint density at radius 1 is 1.42 bits per heavy atom. The fraction of sp³-hybridized carbons (Fsp3) is 0. The number of halogens is 1. The summed E-state index contributed by atoms with van der Waals surface area (Å²) in [4.78, 5) is 20.8. The van der Waals surface area contributed by atoms with Gasteiger partial charge in [-0.15, -0.1) is 0 Å². The Labute approximate surface area is 77.8 Å². The van der Waals surface area contributed by atoms with Crippen molar-refractivity contribution in [2.45, 2.75) is 0 Å². The molecule has 1 aromatic carbocycles. The van der Waals surface area contributed by atoms with Gasteiger partial charge in [-0.1, -0.05) is 28.1 Å². The quantitative estimate of drug-likeness (QED) is 0.433. The molecule has 4 heteroatoms. The molecule has 64 valence electrons. The Kier molecular flexibility index (Phi) is 4.39. The van der Waals surface area contributed by atoms with Gasteiger partial charge in [-0.3, -0.25) is 9.59 Å². The summed E-state index contributed by atoms with van der Waals surface area (Å²) >= 11 is 3.19. The van der Waals surface area contributed by atoms with Crippen LogP contribution in [0.15, 0.2) is 28.7 Å². The first kappa shape index (κ1) is 11.0. The Hall–Kier alpha value is -1.000. The number of carbonyl (C=O) groups excluding carboxylic acids is 2. The molecule has 2 N–H and O–H groups in total. The molecule has 0 unspecified atom stereocenters. The van der Waals surface area contributed by atoms with Gasteiger partial charge in [0.1, 0.15) is 0 Å². The van der Waals surface area contributed by atoms with Crippen molar-refractivity contribution < 1.29 is 15.1 Å². The minimum Gasteiger partial charge on any atom is -0.412 e. The first-order valence-electron chi connectivity index (χ1n) is 2.99. The van der Waals surface area contributed by atoms with Crippen LogP contribution in [0.5, 0.6) is 0 Å². The van der Waals surface area contributed by atoms with E-state index < -0.39 is 5.78 Å². The molecule has 0 radical (unpaired) electrons. The Bertz CT molecular complexity index is 296. The van der Waals surface area contributed by atoms with Gasteiger partial charge >= 0.3 is 0 Å². The zero-order valence-corrected chi connectivity index (χ0v) is 7.67. The molecule has 1 rings (SSSR count). The Balaban J connectivity index is 0.00000121. The van der Waals surface area contributed by atoms with Gasteiger partial charge in [0, 0.05) is 10.0 Å². The highest BCUT2D eigenvalue weighted by Crippen LogP contribution is 2.11. The SMILES string of the molecule is O.O=CC(=O)c1cccc(Br)c1.